The highest BCUT2D eigenvalue weighted by molar-refractivity contribution is 5.84. The fourth-order valence-electron chi connectivity index (χ4n) is 13.2. The first-order valence-corrected chi connectivity index (χ1v) is 42.9. The van der Waals surface area contributed by atoms with Crippen LogP contribution in [0.25, 0.3) is 0 Å². The molecule has 3 heterocycles. The van der Waals surface area contributed by atoms with E-state index >= 15 is 0 Å². The van der Waals surface area contributed by atoms with Crippen LogP contribution in [-0.2, 0) is 176 Å². The summed E-state index contributed by atoms with van der Waals surface area (Å²) >= 11 is 0. The number of amides is 10. The molecule has 3 aliphatic rings. The molecule has 0 saturated carbocycles. The number of unbranched alkanes of at least 4 members (excludes halogenated alkanes) is 3. The topological polar surface area (TPSA) is 611 Å². The lowest BCUT2D eigenvalue weighted by atomic mass is 9.96. The van der Waals surface area contributed by atoms with E-state index in [-0.39, 0.29) is 161 Å². The second-order valence-corrected chi connectivity index (χ2v) is 30.4. The van der Waals surface area contributed by atoms with Crippen LogP contribution in [0, 0.1) is 0 Å². The van der Waals surface area contributed by atoms with E-state index < -0.39 is 212 Å². The predicted octanol–water partition coefficient (Wildman–Crippen LogP) is -2.13. The number of esters is 9. The zero-order chi connectivity index (χ0) is 96.0. The van der Waals surface area contributed by atoms with Crippen LogP contribution in [0.2, 0.25) is 0 Å². The Morgan fingerprint density at radius 1 is 0.271 bits per heavy atom. The van der Waals surface area contributed by atoms with E-state index in [4.69, 9.17) is 85.3 Å². The van der Waals surface area contributed by atoms with Gasteiger partial charge in [0.05, 0.1) is 33.0 Å². The summed E-state index contributed by atoms with van der Waals surface area (Å²) < 4.78 is 102. The van der Waals surface area contributed by atoms with Gasteiger partial charge >= 0.3 is 53.7 Å². The number of hydrogen-bond donors (Lipinski definition) is 10. The summed E-state index contributed by atoms with van der Waals surface area (Å²) in [5.74, 6) is -11.1. The monoisotopic (exact) mass is 1850 g/mol. The number of nitrogens with one attached hydrogen (secondary N) is 10. The van der Waals surface area contributed by atoms with Crippen molar-refractivity contribution in [3.8, 4) is 0 Å². The second-order valence-electron chi connectivity index (χ2n) is 30.4. The van der Waals surface area contributed by atoms with Crippen LogP contribution < -0.4 is 53.2 Å². The van der Waals surface area contributed by atoms with E-state index in [1.165, 1.54) is 20.8 Å². The SMILES string of the molecule is CCOCC(COCCC(=O)NCCCNC(=O)CCCCOC1OC(COC(C)=O)C(OC(C)=O)C(OC(C)=O)C1NC(C)=O)(COCCC(=O)NCCCNC(=O)CCCCOC1OC(COC(C)=O)C(OC(C)=O)C(OC(C)=O)C1NC(C)=O)NC(=O)CCC(=O)NCCCNC(=O)CCCCOC1OC(COC(C)=O)C(OC(C)=O)C(OC(C)=O)C1NC(C)=O. The first-order chi connectivity index (χ1) is 61.2. The molecule has 732 valence electrons. The zero-order valence-electron chi connectivity index (χ0n) is 75.8. The molecule has 3 fully saturated rings. The van der Waals surface area contributed by atoms with Crippen molar-refractivity contribution in [1.29, 1.82) is 0 Å². The quantitative estimate of drug-likeness (QED) is 0.0177. The van der Waals surface area contributed by atoms with E-state index in [2.05, 4.69) is 53.2 Å². The second kappa shape index (κ2) is 62.7. The third kappa shape index (κ3) is 48.7. The Balaban J connectivity index is 1.55. The lowest BCUT2D eigenvalue weighted by Crippen LogP contribution is -2.66. The Labute approximate surface area is 748 Å². The smallest absolute Gasteiger partial charge is 0.303 e. The van der Waals surface area contributed by atoms with Crippen LogP contribution in [0.1, 0.15) is 193 Å². The van der Waals surface area contributed by atoms with Gasteiger partial charge in [0.15, 0.2) is 55.5 Å². The Morgan fingerprint density at radius 3 is 0.775 bits per heavy atom. The molecule has 0 aliphatic carbocycles. The standard InChI is InChI=1S/C82H132N10O37/c1-14-112-45-82(46-113-40-29-67(109)87-35-22-32-84-64(106)25-16-19-38-116-80-71(90-49(3)94)77(125-58(12)103)74(122-55(9)100)61(128-80)43-119-52(6)97,47-114-41-30-68(110)88-36-23-33-85-65(107)26-17-20-39-117-81-72(91-50(4)95)78(126-59(13)104)75(123-56(10)101)62(129-81)44-120-53(7)98)92-69(111)28-27-66(108)86-34-21-31-83-63(105)24-15-18-37-115-79-70(89-48(2)93)76(124-57(11)102)73(121-54(8)99)60(127-79)42-118-51(5)96/h60-62,70-81H,14-47H2,1-13H3,(H,83,105)(H,84,106)(H,85,107)(H,86,108)(H,87,109)(H,88,110)(H,89,93)(H,90,94)(H,91,95)(H,92,111). The molecule has 3 aliphatic heterocycles. The van der Waals surface area contributed by atoms with Crippen LogP contribution in [0.5, 0.6) is 0 Å². The van der Waals surface area contributed by atoms with Crippen LogP contribution in [0.15, 0.2) is 0 Å². The van der Waals surface area contributed by atoms with Crippen molar-refractivity contribution >= 4 is 113 Å². The average molecular weight is 1850 g/mol. The van der Waals surface area contributed by atoms with Crippen LogP contribution in [0.3, 0.4) is 0 Å². The number of rotatable bonds is 62. The van der Waals surface area contributed by atoms with E-state index in [1.54, 1.807) is 6.92 Å². The summed E-state index contributed by atoms with van der Waals surface area (Å²) in [5.41, 5.74) is -1.43. The van der Waals surface area contributed by atoms with Crippen LogP contribution in [0.4, 0.5) is 0 Å². The van der Waals surface area contributed by atoms with Gasteiger partial charge in [-0.2, -0.15) is 0 Å². The van der Waals surface area contributed by atoms with Crippen molar-refractivity contribution in [3.05, 3.63) is 0 Å². The molecule has 0 radical (unpaired) electrons. The minimum absolute atomic E-state index is 0.00712. The average Bonchev–Trinajstić information content (AvgIpc) is 0.796. The van der Waals surface area contributed by atoms with Crippen molar-refractivity contribution in [1.82, 2.24) is 53.2 Å². The fraction of sp³-hybridized carbons (Fsp3) is 0.768. The molecule has 47 nitrogen and oxygen atoms in total. The Hall–Kier alpha value is -10.4. The molecule has 0 spiro atoms. The maximum absolute atomic E-state index is 13.8. The molecule has 15 atom stereocenters. The number of ether oxygens (including phenoxy) is 18. The highest BCUT2D eigenvalue weighted by atomic mass is 16.7. The Kier molecular flexibility index (Phi) is 54.8. The lowest BCUT2D eigenvalue weighted by Gasteiger charge is -2.44. The zero-order valence-corrected chi connectivity index (χ0v) is 75.8. The first kappa shape index (κ1) is 113. The molecule has 15 unspecified atom stereocenters. The van der Waals surface area contributed by atoms with Crippen molar-refractivity contribution in [3.63, 3.8) is 0 Å². The highest BCUT2D eigenvalue weighted by Crippen LogP contribution is 2.32. The Morgan fingerprint density at radius 2 is 0.519 bits per heavy atom. The minimum Gasteiger partial charge on any atom is -0.463 e. The Bertz CT molecular complexity index is 3490. The van der Waals surface area contributed by atoms with E-state index in [0.717, 1.165) is 62.3 Å². The van der Waals surface area contributed by atoms with Crippen molar-refractivity contribution in [2.24, 2.45) is 0 Å². The molecule has 0 aromatic heterocycles. The predicted molar refractivity (Wildman–Crippen MR) is 441 cm³/mol. The summed E-state index contributed by atoms with van der Waals surface area (Å²) in [5, 5.41) is 27.3. The molecule has 47 heteroatoms. The molecule has 129 heavy (non-hydrogen) atoms. The lowest BCUT2D eigenvalue weighted by molar-refractivity contribution is -0.277. The van der Waals surface area contributed by atoms with Crippen molar-refractivity contribution < 1.29 is 176 Å². The third-order valence-electron chi connectivity index (χ3n) is 18.7. The first-order valence-electron chi connectivity index (χ1n) is 42.9. The van der Waals surface area contributed by atoms with E-state index in [0.29, 0.717) is 57.8 Å². The summed E-state index contributed by atoms with van der Waals surface area (Å²) in [6, 6.07) is -3.50. The van der Waals surface area contributed by atoms with E-state index in [1.807, 2.05) is 0 Å². The highest BCUT2D eigenvalue weighted by Gasteiger charge is 2.55. The molecular weight excluding hydrogens is 1720 g/mol. The van der Waals surface area contributed by atoms with E-state index in [9.17, 15) is 91.1 Å². The summed E-state index contributed by atoms with van der Waals surface area (Å²) in [6.07, 6.45) is -12.9. The summed E-state index contributed by atoms with van der Waals surface area (Å²) in [6.45, 7) is 14.4. The molecule has 10 N–H and O–H groups in total. The van der Waals surface area contributed by atoms with Gasteiger partial charge in [0.1, 0.15) is 61.8 Å². The van der Waals surface area contributed by atoms with Crippen LogP contribution in [-0.4, -0.2) is 329 Å². The molecule has 3 rings (SSSR count). The van der Waals surface area contributed by atoms with Gasteiger partial charge < -0.3 is 138 Å². The van der Waals surface area contributed by atoms with Gasteiger partial charge in [0.25, 0.3) is 0 Å². The minimum atomic E-state index is -1.43. The molecule has 3 saturated heterocycles. The normalized spacial score (nSPS) is 22.0. The largest absolute Gasteiger partial charge is 0.463 e. The van der Waals surface area contributed by atoms with Crippen molar-refractivity contribution in [2.45, 2.75) is 290 Å². The third-order valence-corrected chi connectivity index (χ3v) is 18.7. The van der Waals surface area contributed by atoms with Gasteiger partial charge in [-0.05, 0) is 64.7 Å². The summed E-state index contributed by atoms with van der Waals surface area (Å²) in [7, 11) is 0. The van der Waals surface area contributed by atoms with Gasteiger partial charge in [-0.3, -0.25) is 91.1 Å². The molecule has 0 bridgehead atoms. The molecule has 10 amide bonds. The van der Waals surface area contributed by atoms with Gasteiger partial charge in [-0.25, -0.2) is 0 Å². The van der Waals surface area contributed by atoms with Gasteiger partial charge in [0, 0.05) is 194 Å². The number of carbonyl (C=O) groups excluding carboxylic acids is 19. The maximum atomic E-state index is 13.8. The van der Waals surface area contributed by atoms with Gasteiger partial charge in [-0.1, -0.05) is 0 Å². The molecular formula is C82H132N10O37. The summed E-state index contributed by atoms with van der Waals surface area (Å²) in [4.78, 5) is 236. The molecule has 0 aromatic carbocycles. The van der Waals surface area contributed by atoms with Crippen molar-refractivity contribution in [2.75, 3.05) is 119 Å². The number of carbonyl (C=O) groups is 19. The van der Waals surface area contributed by atoms with Crippen LogP contribution >= 0.6 is 0 Å². The number of hydrogen-bond acceptors (Lipinski definition) is 37. The molecule has 0 aromatic rings. The fourth-order valence-corrected chi connectivity index (χ4v) is 13.2. The maximum Gasteiger partial charge on any atom is 0.303 e. The van der Waals surface area contributed by atoms with Gasteiger partial charge in [-0.15, -0.1) is 0 Å². The van der Waals surface area contributed by atoms with Gasteiger partial charge in [0.2, 0.25) is 59.1 Å².